The normalized spacial score (nSPS) is 23.1. The summed E-state index contributed by atoms with van der Waals surface area (Å²) < 4.78 is 0. The Bertz CT molecular complexity index is 575. The summed E-state index contributed by atoms with van der Waals surface area (Å²) in [6.45, 7) is 0.755. The summed E-state index contributed by atoms with van der Waals surface area (Å²) in [7, 11) is 0. The molecule has 112 valence electrons. The minimum absolute atomic E-state index is 0.0850. The van der Waals surface area contributed by atoms with Crippen molar-refractivity contribution >= 4 is 11.9 Å². The molecular formula is C16H20N2O3. The summed E-state index contributed by atoms with van der Waals surface area (Å²) in [6.07, 6.45) is 3.23. The maximum absolute atomic E-state index is 12.8. The molecule has 1 fully saturated rings. The fourth-order valence-corrected chi connectivity index (χ4v) is 3.47. The monoisotopic (exact) mass is 288 g/mol. The van der Waals surface area contributed by atoms with Gasteiger partial charge in [0, 0.05) is 13.1 Å². The summed E-state index contributed by atoms with van der Waals surface area (Å²) in [6, 6.07) is 6.60. The van der Waals surface area contributed by atoms with Crippen molar-refractivity contribution in [3.05, 3.63) is 35.4 Å². The standard InChI is InChI=1S/C16H20N2O3/c17-10-16(7-3-8-16)15(21)18-9-6-11-4-1-2-5-12(11)13(18)14(19)20/h1-2,4-5,13H,3,6-10,17H2,(H,19,20). The summed E-state index contributed by atoms with van der Waals surface area (Å²) >= 11 is 0. The molecule has 1 aliphatic heterocycles. The SMILES string of the molecule is NCC1(C(=O)N2CCc3ccccc3C2C(=O)O)CCC1. The molecule has 0 bridgehead atoms. The van der Waals surface area contributed by atoms with Crippen LogP contribution in [0.1, 0.15) is 36.4 Å². The molecule has 3 N–H and O–H groups in total. The molecule has 0 spiro atoms. The smallest absolute Gasteiger partial charge is 0.331 e. The number of fused-ring (bicyclic) bond motifs is 1. The van der Waals surface area contributed by atoms with Crippen LogP contribution in [0.25, 0.3) is 0 Å². The Hall–Kier alpha value is -1.88. The number of carbonyl (C=O) groups is 2. The number of benzene rings is 1. The van der Waals surface area contributed by atoms with Gasteiger partial charge in [-0.2, -0.15) is 0 Å². The van der Waals surface area contributed by atoms with Gasteiger partial charge >= 0.3 is 5.97 Å². The van der Waals surface area contributed by atoms with E-state index in [4.69, 9.17) is 5.73 Å². The maximum atomic E-state index is 12.8. The van der Waals surface area contributed by atoms with Gasteiger partial charge in [0.2, 0.25) is 5.91 Å². The zero-order chi connectivity index (χ0) is 15.0. The Morgan fingerprint density at radius 1 is 1.33 bits per heavy atom. The van der Waals surface area contributed by atoms with E-state index in [2.05, 4.69) is 0 Å². The quantitative estimate of drug-likeness (QED) is 0.878. The molecule has 1 aromatic carbocycles. The van der Waals surface area contributed by atoms with E-state index in [0.29, 0.717) is 19.5 Å². The molecule has 5 nitrogen and oxygen atoms in total. The molecule has 1 aliphatic carbocycles. The van der Waals surface area contributed by atoms with Crippen molar-refractivity contribution in [2.75, 3.05) is 13.1 Å². The molecule has 2 aliphatic rings. The van der Waals surface area contributed by atoms with E-state index >= 15 is 0 Å². The number of nitrogens with two attached hydrogens (primary N) is 1. The number of hydrogen-bond acceptors (Lipinski definition) is 3. The largest absolute Gasteiger partial charge is 0.479 e. The average molecular weight is 288 g/mol. The highest BCUT2D eigenvalue weighted by molar-refractivity contribution is 5.89. The van der Waals surface area contributed by atoms with E-state index in [1.807, 2.05) is 24.3 Å². The molecule has 0 radical (unpaired) electrons. The van der Waals surface area contributed by atoms with Crippen LogP contribution >= 0.6 is 0 Å². The van der Waals surface area contributed by atoms with Gasteiger partial charge in [-0.05, 0) is 30.4 Å². The molecule has 1 unspecified atom stereocenters. The van der Waals surface area contributed by atoms with Crippen LogP contribution in [0, 0.1) is 5.41 Å². The molecule has 5 heteroatoms. The van der Waals surface area contributed by atoms with Crippen LogP contribution < -0.4 is 5.73 Å². The first-order chi connectivity index (χ1) is 10.1. The van der Waals surface area contributed by atoms with E-state index < -0.39 is 17.4 Å². The molecule has 1 heterocycles. The first-order valence-corrected chi connectivity index (χ1v) is 7.41. The van der Waals surface area contributed by atoms with Crippen LogP contribution in [-0.4, -0.2) is 35.0 Å². The number of aliphatic carboxylic acids is 1. The molecule has 21 heavy (non-hydrogen) atoms. The van der Waals surface area contributed by atoms with Crippen molar-refractivity contribution in [2.24, 2.45) is 11.1 Å². The van der Waals surface area contributed by atoms with Crippen LogP contribution in [0.3, 0.4) is 0 Å². The lowest BCUT2D eigenvalue weighted by Gasteiger charge is -2.45. The molecule has 1 atom stereocenters. The van der Waals surface area contributed by atoms with Crippen molar-refractivity contribution in [3.8, 4) is 0 Å². The van der Waals surface area contributed by atoms with E-state index in [0.717, 1.165) is 30.4 Å². The summed E-state index contributed by atoms with van der Waals surface area (Å²) in [5.74, 6) is -1.06. The lowest BCUT2D eigenvalue weighted by atomic mass is 9.67. The molecule has 1 saturated carbocycles. The van der Waals surface area contributed by atoms with Gasteiger partial charge in [0.25, 0.3) is 0 Å². The summed E-state index contributed by atoms with van der Waals surface area (Å²) in [5, 5.41) is 9.61. The van der Waals surface area contributed by atoms with Crippen molar-refractivity contribution in [1.29, 1.82) is 0 Å². The second-order valence-corrected chi connectivity index (χ2v) is 6.03. The van der Waals surface area contributed by atoms with Gasteiger partial charge in [0.1, 0.15) is 0 Å². The molecule has 0 aromatic heterocycles. The summed E-state index contributed by atoms with van der Waals surface area (Å²) in [5.41, 5.74) is 7.02. The van der Waals surface area contributed by atoms with E-state index in [1.165, 1.54) is 4.90 Å². The molecule has 1 aromatic rings. The third-order valence-electron chi connectivity index (χ3n) is 4.93. The Labute approximate surface area is 123 Å². The van der Waals surface area contributed by atoms with Gasteiger partial charge in [-0.3, -0.25) is 4.79 Å². The number of carboxylic acid groups (broad SMARTS) is 1. The lowest BCUT2D eigenvalue weighted by molar-refractivity contribution is -0.159. The first-order valence-electron chi connectivity index (χ1n) is 7.41. The van der Waals surface area contributed by atoms with Crippen molar-refractivity contribution in [2.45, 2.75) is 31.7 Å². The third-order valence-corrected chi connectivity index (χ3v) is 4.93. The number of nitrogens with zero attached hydrogens (tertiary/aromatic N) is 1. The first kappa shape index (κ1) is 14.1. The van der Waals surface area contributed by atoms with E-state index in [1.54, 1.807) is 0 Å². The van der Waals surface area contributed by atoms with Crippen molar-refractivity contribution in [1.82, 2.24) is 4.90 Å². The van der Waals surface area contributed by atoms with E-state index in [-0.39, 0.29) is 5.91 Å². The van der Waals surface area contributed by atoms with Gasteiger partial charge in [-0.25, -0.2) is 4.79 Å². The van der Waals surface area contributed by atoms with E-state index in [9.17, 15) is 14.7 Å². The fourth-order valence-electron chi connectivity index (χ4n) is 3.47. The molecule has 1 amide bonds. The topological polar surface area (TPSA) is 83.6 Å². The number of rotatable bonds is 3. The highest BCUT2D eigenvalue weighted by atomic mass is 16.4. The van der Waals surface area contributed by atoms with Gasteiger partial charge in [0.15, 0.2) is 6.04 Å². The van der Waals surface area contributed by atoms with Crippen LogP contribution in [0.15, 0.2) is 24.3 Å². The predicted molar refractivity (Wildman–Crippen MR) is 77.6 cm³/mol. The lowest BCUT2D eigenvalue weighted by Crippen LogP contribution is -2.55. The minimum atomic E-state index is -0.970. The highest BCUT2D eigenvalue weighted by Gasteiger charge is 2.48. The van der Waals surface area contributed by atoms with Gasteiger partial charge < -0.3 is 15.7 Å². The molecule has 3 rings (SSSR count). The maximum Gasteiger partial charge on any atom is 0.331 e. The van der Waals surface area contributed by atoms with Crippen molar-refractivity contribution < 1.29 is 14.7 Å². The summed E-state index contributed by atoms with van der Waals surface area (Å²) in [4.78, 5) is 26.1. The second kappa shape index (κ2) is 5.15. The fraction of sp³-hybridized carbons (Fsp3) is 0.500. The van der Waals surface area contributed by atoms with Gasteiger partial charge in [-0.15, -0.1) is 0 Å². The van der Waals surface area contributed by atoms with Crippen LogP contribution in [0.5, 0.6) is 0 Å². The third kappa shape index (κ3) is 2.12. The van der Waals surface area contributed by atoms with Crippen LogP contribution in [0.4, 0.5) is 0 Å². The molecular weight excluding hydrogens is 268 g/mol. The number of amides is 1. The number of carbonyl (C=O) groups excluding carboxylic acids is 1. The Morgan fingerprint density at radius 2 is 2.05 bits per heavy atom. The molecule has 0 saturated heterocycles. The zero-order valence-electron chi connectivity index (χ0n) is 11.9. The number of carboxylic acids is 1. The predicted octanol–water partition coefficient (Wildman–Crippen LogP) is 1.33. The average Bonchev–Trinajstić information content (AvgIpc) is 2.45. The zero-order valence-corrected chi connectivity index (χ0v) is 11.9. The second-order valence-electron chi connectivity index (χ2n) is 6.03. The highest BCUT2D eigenvalue weighted by Crippen LogP contribution is 2.44. The number of hydrogen-bond donors (Lipinski definition) is 2. The Kier molecular flexibility index (Phi) is 3.45. The van der Waals surface area contributed by atoms with Crippen LogP contribution in [-0.2, 0) is 16.0 Å². The van der Waals surface area contributed by atoms with Gasteiger partial charge in [-0.1, -0.05) is 30.7 Å². The Morgan fingerprint density at radius 3 is 2.62 bits per heavy atom. The van der Waals surface area contributed by atoms with Crippen molar-refractivity contribution in [3.63, 3.8) is 0 Å². The minimum Gasteiger partial charge on any atom is -0.479 e. The van der Waals surface area contributed by atoms with Crippen LogP contribution in [0.2, 0.25) is 0 Å². The van der Waals surface area contributed by atoms with Gasteiger partial charge in [0.05, 0.1) is 5.41 Å². The Balaban J connectivity index is 1.96.